The summed E-state index contributed by atoms with van der Waals surface area (Å²) in [5.74, 6) is 1.15. The van der Waals surface area contributed by atoms with Gasteiger partial charge in [0, 0.05) is 23.2 Å². The summed E-state index contributed by atoms with van der Waals surface area (Å²) in [6.07, 6.45) is 4.80. The number of fused-ring (bicyclic) bond motifs is 2. The summed E-state index contributed by atoms with van der Waals surface area (Å²) in [7, 11) is 0. The number of nitrogens with zero attached hydrogens (tertiary/aromatic N) is 2. The van der Waals surface area contributed by atoms with E-state index >= 15 is 0 Å². The van der Waals surface area contributed by atoms with Crippen LogP contribution < -0.4 is 4.90 Å². The quantitative estimate of drug-likeness (QED) is 0.697. The minimum Gasteiger partial charge on any atom is -0.351 e. The number of rotatable bonds is 1. The molecule has 0 saturated carbocycles. The van der Waals surface area contributed by atoms with E-state index in [9.17, 15) is 0 Å². The number of aromatic nitrogens is 1. The Bertz CT molecular complexity index is 379. The maximum absolute atomic E-state index is 6.28. The zero-order chi connectivity index (χ0) is 11.1. The van der Waals surface area contributed by atoms with Crippen LogP contribution in [0.1, 0.15) is 31.4 Å². The first kappa shape index (κ1) is 10.4. The van der Waals surface area contributed by atoms with Crippen LogP contribution in [0.2, 0.25) is 0 Å². The Labute approximate surface area is 102 Å². The first-order chi connectivity index (χ1) is 7.74. The summed E-state index contributed by atoms with van der Waals surface area (Å²) in [6, 6.07) is 7.53. The van der Waals surface area contributed by atoms with Crippen molar-refractivity contribution in [2.45, 2.75) is 50.1 Å². The molecular formula is C13H17ClN2. The molecule has 2 unspecified atom stereocenters. The molecule has 0 spiro atoms. The van der Waals surface area contributed by atoms with Gasteiger partial charge in [-0.15, -0.1) is 11.6 Å². The van der Waals surface area contributed by atoms with Crippen LogP contribution in [0, 0.1) is 6.92 Å². The van der Waals surface area contributed by atoms with Crippen molar-refractivity contribution in [1.82, 2.24) is 4.98 Å². The van der Waals surface area contributed by atoms with Gasteiger partial charge < -0.3 is 4.90 Å². The lowest BCUT2D eigenvalue weighted by Crippen LogP contribution is -2.43. The van der Waals surface area contributed by atoms with Gasteiger partial charge in [0.05, 0.1) is 0 Å². The van der Waals surface area contributed by atoms with Crippen molar-refractivity contribution in [3.63, 3.8) is 0 Å². The molecule has 2 nitrogen and oxygen atoms in total. The smallest absolute Gasteiger partial charge is 0.129 e. The molecule has 2 fully saturated rings. The molecule has 3 rings (SSSR count). The number of pyridine rings is 1. The van der Waals surface area contributed by atoms with E-state index in [4.69, 9.17) is 11.6 Å². The molecule has 2 aliphatic heterocycles. The average molecular weight is 237 g/mol. The summed E-state index contributed by atoms with van der Waals surface area (Å²) in [4.78, 5) is 7.15. The Morgan fingerprint density at radius 1 is 1.25 bits per heavy atom. The Balaban J connectivity index is 1.91. The molecule has 2 aliphatic rings. The third-order valence-electron chi connectivity index (χ3n) is 3.81. The largest absolute Gasteiger partial charge is 0.351 e. The molecule has 0 amide bonds. The van der Waals surface area contributed by atoms with E-state index in [0.29, 0.717) is 17.5 Å². The van der Waals surface area contributed by atoms with Crippen LogP contribution >= 0.6 is 11.6 Å². The molecule has 16 heavy (non-hydrogen) atoms. The second-order valence-electron chi connectivity index (χ2n) is 5.00. The predicted molar refractivity (Wildman–Crippen MR) is 67.1 cm³/mol. The highest BCUT2D eigenvalue weighted by molar-refractivity contribution is 6.20. The number of hydrogen-bond acceptors (Lipinski definition) is 2. The van der Waals surface area contributed by atoms with Gasteiger partial charge >= 0.3 is 0 Å². The van der Waals surface area contributed by atoms with Gasteiger partial charge in [-0.05, 0) is 44.7 Å². The van der Waals surface area contributed by atoms with Crippen molar-refractivity contribution >= 4 is 17.4 Å². The molecule has 3 heterocycles. The van der Waals surface area contributed by atoms with Gasteiger partial charge in [0.15, 0.2) is 0 Å². The highest BCUT2D eigenvalue weighted by Crippen LogP contribution is 2.40. The molecule has 2 bridgehead atoms. The monoisotopic (exact) mass is 236 g/mol. The Hall–Kier alpha value is -0.760. The molecule has 2 atom stereocenters. The van der Waals surface area contributed by atoms with Crippen LogP contribution in [0.4, 0.5) is 5.82 Å². The second kappa shape index (κ2) is 3.92. The molecule has 2 saturated heterocycles. The predicted octanol–water partition coefficient (Wildman–Crippen LogP) is 3.13. The molecule has 1 aromatic rings. The third kappa shape index (κ3) is 1.69. The van der Waals surface area contributed by atoms with Crippen LogP contribution in [0.25, 0.3) is 0 Å². The standard InChI is InChI=1S/C13H17ClN2/c1-9-3-2-4-13(15-9)16-11-5-6-12(16)8-10(14)7-11/h2-4,10-12H,5-8H2,1H3. The van der Waals surface area contributed by atoms with Gasteiger partial charge in [0.25, 0.3) is 0 Å². The molecule has 0 N–H and O–H groups in total. The normalized spacial score (nSPS) is 33.1. The number of halogens is 1. The molecule has 0 aromatic carbocycles. The van der Waals surface area contributed by atoms with E-state index in [2.05, 4.69) is 35.0 Å². The minimum atomic E-state index is 0.374. The Kier molecular flexibility index (Phi) is 2.55. The molecule has 0 aliphatic carbocycles. The van der Waals surface area contributed by atoms with E-state index in [1.807, 2.05) is 0 Å². The number of aryl methyl sites for hydroxylation is 1. The van der Waals surface area contributed by atoms with E-state index in [-0.39, 0.29) is 0 Å². The van der Waals surface area contributed by atoms with Crippen LogP contribution in [0.3, 0.4) is 0 Å². The zero-order valence-corrected chi connectivity index (χ0v) is 10.3. The number of piperidine rings is 1. The topological polar surface area (TPSA) is 16.1 Å². The van der Waals surface area contributed by atoms with E-state index < -0.39 is 0 Å². The number of anilines is 1. The zero-order valence-electron chi connectivity index (χ0n) is 9.56. The number of alkyl halides is 1. The van der Waals surface area contributed by atoms with E-state index in [1.165, 1.54) is 12.8 Å². The fraction of sp³-hybridized carbons (Fsp3) is 0.615. The number of hydrogen-bond donors (Lipinski definition) is 0. The minimum absolute atomic E-state index is 0.374. The maximum atomic E-state index is 6.28. The third-order valence-corrected chi connectivity index (χ3v) is 4.17. The molecular weight excluding hydrogens is 220 g/mol. The Morgan fingerprint density at radius 3 is 2.56 bits per heavy atom. The first-order valence-electron chi connectivity index (χ1n) is 6.10. The molecule has 1 aromatic heterocycles. The highest BCUT2D eigenvalue weighted by atomic mass is 35.5. The fourth-order valence-corrected chi connectivity index (χ4v) is 3.57. The molecule has 0 radical (unpaired) electrons. The summed E-state index contributed by atoms with van der Waals surface area (Å²) >= 11 is 6.28. The average Bonchev–Trinajstić information content (AvgIpc) is 2.51. The highest BCUT2D eigenvalue weighted by Gasteiger charge is 2.40. The maximum Gasteiger partial charge on any atom is 0.129 e. The van der Waals surface area contributed by atoms with Gasteiger partial charge in [-0.3, -0.25) is 0 Å². The molecule has 86 valence electrons. The van der Waals surface area contributed by atoms with Crippen molar-refractivity contribution in [3.8, 4) is 0 Å². The summed E-state index contributed by atoms with van der Waals surface area (Å²) < 4.78 is 0. The summed E-state index contributed by atoms with van der Waals surface area (Å²) in [5, 5.41) is 0.374. The van der Waals surface area contributed by atoms with Crippen molar-refractivity contribution < 1.29 is 0 Å². The van der Waals surface area contributed by atoms with E-state index in [1.54, 1.807) is 0 Å². The van der Waals surface area contributed by atoms with Gasteiger partial charge in [0.2, 0.25) is 0 Å². The Morgan fingerprint density at radius 2 is 1.94 bits per heavy atom. The second-order valence-corrected chi connectivity index (χ2v) is 5.62. The van der Waals surface area contributed by atoms with Gasteiger partial charge in [0.1, 0.15) is 5.82 Å². The SMILES string of the molecule is Cc1cccc(N2C3CCC2CC(Cl)C3)n1. The van der Waals surface area contributed by atoms with Gasteiger partial charge in [-0.25, -0.2) is 4.98 Å². The van der Waals surface area contributed by atoms with Crippen LogP contribution in [0.5, 0.6) is 0 Å². The van der Waals surface area contributed by atoms with E-state index in [0.717, 1.165) is 24.4 Å². The van der Waals surface area contributed by atoms with Gasteiger partial charge in [-0.1, -0.05) is 6.07 Å². The molecule has 3 heteroatoms. The van der Waals surface area contributed by atoms with Crippen molar-refractivity contribution in [2.75, 3.05) is 4.90 Å². The van der Waals surface area contributed by atoms with Crippen molar-refractivity contribution in [2.24, 2.45) is 0 Å². The summed E-state index contributed by atoms with van der Waals surface area (Å²) in [5.41, 5.74) is 1.10. The van der Waals surface area contributed by atoms with Crippen LogP contribution in [0.15, 0.2) is 18.2 Å². The first-order valence-corrected chi connectivity index (χ1v) is 6.54. The fourth-order valence-electron chi connectivity index (χ4n) is 3.16. The summed E-state index contributed by atoms with van der Waals surface area (Å²) in [6.45, 7) is 2.06. The van der Waals surface area contributed by atoms with Crippen LogP contribution in [-0.4, -0.2) is 22.4 Å². The lowest BCUT2D eigenvalue weighted by atomic mass is 10.0. The lowest BCUT2D eigenvalue weighted by molar-refractivity contribution is 0.470. The van der Waals surface area contributed by atoms with Crippen molar-refractivity contribution in [3.05, 3.63) is 23.9 Å². The van der Waals surface area contributed by atoms with Crippen LogP contribution in [-0.2, 0) is 0 Å². The lowest BCUT2D eigenvalue weighted by Gasteiger charge is -2.38. The van der Waals surface area contributed by atoms with Gasteiger partial charge in [-0.2, -0.15) is 0 Å². The van der Waals surface area contributed by atoms with Crippen molar-refractivity contribution in [1.29, 1.82) is 0 Å².